The third-order valence-corrected chi connectivity index (χ3v) is 8.70. The Morgan fingerprint density at radius 1 is 0.723 bits per heavy atom. The predicted molar refractivity (Wildman–Crippen MR) is 196 cm³/mol. The number of allylic oxidation sites excluding steroid dienone is 7. The molecule has 1 amide bonds. The highest BCUT2D eigenvalue weighted by molar-refractivity contribution is 7.45. The van der Waals surface area contributed by atoms with E-state index in [9.17, 15) is 19.4 Å². The molecule has 9 heteroatoms. The van der Waals surface area contributed by atoms with Crippen LogP contribution in [0, 0.1) is 0 Å². The third kappa shape index (κ3) is 32.8. The molecule has 0 radical (unpaired) electrons. The number of aliphatic hydroxyl groups excluding tert-OH is 1. The molecule has 2 N–H and O–H groups in total. The Labute approximate surface area is 289 Å². The summed E-state index contributed by atoms with van der Waals surface area (Å²) in [4.78, 5) is 25.1. The van der Waals surface area contributed by atoms with Crippen LogP contribution in [0.4, 0.5) is 0 Å². The van der Waals surface area contributed by atoms with Crippen molar-refractivity contribution in [2.24, 2.45) is 0 Å². The Kier molecular flexibility index (Phi) is 29.5. The summed E-state index contributed by atoms with van der Waals surface area (Å²) in [6.45, 7) is 4.50. The van der Waals surface area contributed by atoms with E-state index in [2.05, 4.69) is 55.6 Å². The smallest absolute Gasteiger partial charge is 0.268 e. The lowest BCUT2D eigenvalue weighted by Crippen LogP contribution is -2.45. The molecule has 0 bridgehead atoms. The van der Waals surface area contributed by atoms with Crippen molar-refractivity contribution in [2.45, 2.75) is 148 Å². The number of rotatable bonds is 32. The number of hydrogen-bond acceptors (Lipinski definition) is 6. The summed E-state index contributed by atoms with van der Waals surface area (Å²) in [5.74, 6) is -0.226. The Balaban J connectivity index is 4.66. The molecule has 0 saturated carbocycles. The molecule has 47 heavy (non-hydrogen) atoms. The number of phosphoric ester groups is 1. The second-order valence-electron chi connectivity index (χ2n) is 13.5. The Morgan fingerprint density at radius 3 is 1.79 bits per heavy atom. The number of unbranched alkanes of at least 4 members (excludes halogenated alkanes) is 13. The fourth-order valence-electron chi connectivity index (χ4n) is 4.69. The van der Waals surface area contributed by atoms with Gasteiger partial charge in [0.05, 0.1) is 39.9 Å². The molecule has 0 fully saturated rings. The number of quaternary nitrogens is 1. The lowest BCUT2D eigenvalue weighted by atomic mass is 10.1. The summed E-state index contributed by atoms with van der Waals surface area (Å²) in [5.41, 5.74) is 0. The van der Waals surface area contributed by atoms with Crippen LogP contribution in [0.2, 0.25) is 0 Å². The van der Waals surface area contributed by atoms with Crippen molar-refractivity contribution in [2.75, 3.05) is 40.9 Å². The molecular weight excluding hydrogens is 611 g/mol. The molecular formula is C38H71N2O6P. The van der Waals surface area contributed by atoms with Gasteiger partial charge >= 0.3 is 0 Å². The van der Waals surface area contributed by atoms with E-state index >= 15 is 0 Å². The lowest BCUT2D eigenvalue weighted by Gasteiger charge is -2.29. The first kappa shape index (κ1) is 45.5. The first-order chi connectivity index (χ1) is 22.5. The zero-order valence-electron chi connectivity index (χ0n) is 30.7. The number of phosphoric acid groups is 1. The van der Waals surface area contributed by atoms with Gasteiger partial charge in [0.25, 0.3) is 7.82 Å². The van der Waals surface area contributed by atoms with Gasteiger partial charge in [0.2, 0.25) is 5.91 Å². The van der Waals surface area contributed by atoms with Crippen molar-refractivity contribution in [1.82, 2.24) is 5.32 Å². The summed E-state index contributed by atoms with van der Waals surface area (Å²) in [5, 5.41) is 13.6. The minimum Gasteiger partial charge on any atom is -0.756 e. The number of hydrogen-bond donors (Lipinski definition) is 2. The third-order valence-electron chi connectivity index (χ3n) is 7.74. The van der Waals surface area contributed by atoms with Crippen LogP contribution in [0.1, 0.15) is 136 Å². The zero-order valence-corrected chi connectivity index (χ0v) is 31.6. The molecule has 0 aromatic carbocycles. The van der Waals surface area contributed by atoms with E-state index in [1.165, 1.54) is 44.9 Å². The highest BCUT2D eigenvalue weighted by atomic mass is 31.2. The zero-order chi connectivity index (χ0) is 35.1. The van der Waals surface area contributed by atoms with Gasteiger partial charge in [-0.1, -0.05) is 114 Å². The van der Waals surface area contributed by atoms with E-state index in [0.717, 1.165) is 70.6 Å². The fraction of sp³-hybridized carbons (Fsp3) is 0.763. The van der Waals surface area contributed by atoms with E-state index in [-0.39, 0.29) is 12.5 Å². The normalized spacial score (nSPS) is 15.3. The SMILES string of the molecule is CCCC/C=C/CC/C=C/CC/C=C/C(O)C(COP(=O)([O-])OCC[N+](C)(C)C)NC(=O)CCCCCCC/C=C\CCCCCC. The van der Waals surface area contributed by atoms with Gasteiger partial charge in [0, 0.05) is 6.42 Å². The fourth-order valence-corrected chi connectivity index (χ4v) is 5.41. The van der Waals surface area contributed by atoms with Crippen LogP contribution in [-0.4, -0.2) is 68.5 Å². The monoisotopic (exact) mass is 683 g/mol. The van der Waals surface area contributed by atoms with Crippen molar-refractivity contribution in [1.29, 1.82) is 0 Å². The molecule has 0 heterocycles. The van der Waals surface area contributed by atoms with Crippen molar-refractivity contribution in [3.05, 3.63) is 48.6 Å². The van der Waals surface area contributed by atoms with E-state index in [0.29, 0.717) is 17.4 Å². The first-order valence-electron chi connectivity index (χ1n) is 18.5. The Morgan fingerprint density at radius 2 is 1.21 bits per heavy atom. The van der Waals surface area contributed by atoms with E-state index in [1.807, 2.05) is 27.2 Å². The standard InChI is InChI=1S/C38H71N2O6P/c1-6-8-10-12-14-16-18-20-22-24-26-28-30-32-38(42)39-36(35-46-47(43,44)45-34-33-40(3,4)5)37(41)31-29-27-25-23-21-19-17-15-13-11-9-7-2/h13,15-16,18,21,23,29,31,36-37,41H,6-12,14,17,19-20,22,24-28,30,32-35H2,1-5H3,(H-,39,42,43,44)/b15-13+,18-16-,23-21+,31-29+. The van der Waals surface area contributed by atoms with Gasteiger partial charge in [-0.3, -0.25) is 9.36 Å². The minimum atomic E-state index is -4.59. The van der Waals surface area contributed by atoms with Crippen LogP contribution in [0.5, 0.6) is 0 Å². The molecule has 3 atom stereocenters. The van der Waals surface area contributed by atoms with Crippen molar-refractivity contribution in [3.8, 4) is 0 Å². The number of nitrogens with zero attached hydrogens (tertiary/aromatic N) is 1. The van der Waals surface area contributed by atoms with Crippen LogP contribution in [0.3, 0.4) is 0 Å². The molecule has 0 rings (SSSR count). The number of aliphatic hydroxyl groups is 1. The summed E-state index contributed by atoms with van der Waals surface area (Å²) in [6.07, 6.45) is 35.8. The topological polar surface area (TPSA) is 108 Å². The number of carbonyl (C=O) groups excluding carboxylic acids is 1. The quantitative estimate of drug-likeness (QED) is 0.0318. The summed E-state index contributed by atoms with van der Waals surface area (Å²) < 4.78 is 23.0. The largest absolute Gasteiger partial charge is 0.756 e. The highest BCUT2D eigenvalue weighted by Crippen LogP contribution is 2.38. The first-order valence-corrected chi connectivity index (χ1v) is 20.0. The Hall–Kier alpha value is -1.54. The van der Waals surface area contributed by atoms with Gasteiger partial charge in [0.15, 0.2) is 0 Å². The van der Waals surface area contributed by atoms with E-state index in [4.69, 9.17) is 9.05 Å². The predicted octanol–water partition coefficient (Wildman–Crippen LogP) is 8.72. The van der Waals surface area contributed by atoms with Gasteiger partial charge < -0.3 is 28.8 Å². The number of amides is 1. The van der Waals surface area contributed by atoms with Gasteiger partial charge in [-0.05, 0) is 64.2 Å². The molecule has 8 nitrogen and oxygen atoms in total. The minimum absolute atomic E-state index is 0.0121. The van der Waals surface area contributed by atoms with Gasteiger partial charge in [-0.15, -0.1) is 0 Å². The van der Waals surface area contributed by atoms with Crippen molar-refractivity contribution in [3.63, 3.8) is 0 Å². The lowest BCUT2D eigenvalue weighted by molar-refractivity contribution is -0.870. The maximum Gasteiger partial charge on any atom is 0.268 e. The molecule has 0 spiro atoms. The molecule has 0 aliphatic heterocycles. The number of likely N-dealkylation sites (N-methyl/N-ethyl adjacent to an activating group) is 1. The molecule has 0 saturated heterocycles. The molecule has 274 valence electrons. The average Bonchev–Trinajstić information content (AvgIpc) is 3.01. The highest BCUT2D eigenvalue weighted by Gasteiger charge is 2.23. The second-order valence-corrected chi connectivity index (χ2v) is 15.0. The van der Waals surface area contributed by atoms with Crippen LogP contribution >= 0.6 is 7.82 Å². The Bertz CT molecular complexity index is 912. The summed E-state index contributed by atoms with van der Waals surface area (Å²) in [6, 6.07) is -0.910. The molecule has 0 aromatic rings. The molecule has 0 aliphatic rings. The molecule has 3 unspecified atom stereocenters. The van der Waals surface area contributed by atoms with Crippen LogP contribution in [-0.2, 0) is 18.4 Å². The molecule has 0 aliphatic carbocycles. The maximum atomic E-state index is 12.7. The van der Waals surface area contributed by atoms with E-state index < -0.39 is 26.6 Å². The van der Waals surface area contributed by atoms with Gasteiger partial charge in [-0.25, -0.2) is 0 Å². The summed E-state index contributed by atoms with van der Waals surface area (Å²) >= 11 is 0. The van der Waals surface area contributed by atoms with Crippen LogP contribution < -0.4 is 10.2 Å². The number of nitrogens with one attached hydrogen (secondary N) is 1. The average molecular weight is 683 g/mol. The molecule has 0 aromatic heterocycles. The number of carbonyl (C=O) groups is 1. The summed E-state index contributed by atoms with van der Waals surface area (Å²) in [7, 11) is 1.22. The van der Waals surface area contributed by atoms with Gasteiger partial charge in [0.1, 0.15) is 13.2 Å². The van der Waals surface area contributed by atoms with Crippen LogP contribution in [0.15, 0.2) is 48.6 Å². The van der Waals surface area contributed by atoms with Crippen molar-refractivity contribution >= 4 is 13.7 Å². The maximum absolute atomic E-state index is 12.7. The second kappa shape index (κ2) is 30.5. The van der Waals surface area contributed by atoms with Crippen molar-refractivity contribution < 1.29 is 32.9 Å². The van der Waals surface area contributed by atoms with Gasteiger partial charge in [-0.2, -0.15) is 0 Å². The van der Waals surface area contributed by atoms with E-state index in [1.54, 1.807) is 6.08 Å². The van der Waals surface area contributed by atoms with Crippen LogP contribution in [0.25, 0.3) is 0 Å².